The van der Waals surface area contributed by atoms with Gasteiger partial charge in [0, 0.05) is 5.41 Å². The van der Waals surface area contributed by atoms with Crippen molar-refractivity contribution in [2.45, 2.75) is 38.2 Å². The van der Waals surface area contributed by atoms with E-state index in [1.54, 1.807) is 0 Å². The fraction of sp³-hybridized carbons (Fsp3) is 0.900. The third-order valence-corrected chi connectivity index (χ3v) is 3.71. The molecule has 0 aromatic carbocycles. The van der Waals surface area contributed by atoms with Crippen LogP contribution in [0.1, 0.15) is 32.1 Å². The van der Waals surface area contributed by atoms with Gasteiger partial charge in [-0.3, -0.25) is 0 Å². The molecule has 3 heteroatoms. The van der Waals surface area contributed by atoms with Crippen LogP contribution in [-0.2, 0) is 9.53 Å². The van der Waals surface area contributed by atoms with Crippen LogP contribution in [0.3, 0.4) is 0 Å². The number of methoxy groups -OCH3 is 1. The van der Waals surface area contributed by atoms with Crippen molar-refractivity contribution in [3.05, 3.63) is 0 Å². The monoisotopic (exact) mass is 184 g/mol. The molecule has 13 heavy (non-hydrogen) atoms. The molecule has 1 N–H and O–H groups in total. The highest BCUT2D eigenvalue weighted by atomic mass is 16.5. The van der Waals surface area contributed by atoms with Gasteiger partial charge in [0.25, 0.3) is 0 Å². The van der Waals surface area contributed by atoms with Gasteiger partial charge in [-0.25, -0.2) is 4.79 Å². The second-order valence-corrected chi connectivity index (χ2v) is 4.29. The topological polar surface area (TPSA) is 46.5 Å². The Morgan fingerprint density at radius 2 is 2.15 bits per heavy atom. The molecule has 1 atom stereocenters. The number of hydrogen-bond acceptors (Lipinski definition) is 3. The highest BCUT2D eigenvalue weighted by Crippen LogP contribution is 2.60. The van der Waals surface area contributed by atoms with Gasteiger partial charge >= 0.3 is 5.97 Å². The normalized spacial score (nSPS) is 27.5. The highest BCUT2D eigenvalue weighted by molar-refractivity contribution is 5.76. The van der Waals surface area contributed by atoms with Crippen molar-refractivity contribution in [1.29, 1.82) is 0 Å². The standard InChI is InChI=1S/C10H16O3/c1-13-9(12)8(11)10(5-6-10)7-3-2-4-7/h7-8,11H,2-6H2,1H3. The van der Waals surface area contributed by atoms with E-state index in [1.807, 2.05) is 0 Å². The van der Waals surface area contributed by atoms with E-state index in [0.717, 1.165) is 12.8 Å². The lowest BCUT2D eigenvalue weighted by Gasteiger charge is -2.36. The van der Waals surface area contributed by atoms with E-state index in [2.05, 4.69) is 4.74 Å². The van der Waals surface area contributed by atoms with E-state index in [4.69, 9.17) is 0 Å². The summed E-state index contributed by atoms with van der Waals surface area (Å²) in [5.74, 6) is 0.117. The Balaban J connectivity index is 2.01. The Morgan fingerprint density at radius 3 is 2.46 bits per heavy atom. The summed E-state index contributed by atoms with van der Waals surface area (Å²) >= 11 is 0. The van der Waals surface area contributed by atoms with E-state index in [0.29, 0.717) is 5.92 Å². The minimum absolute atomic E-state index is 0.0919. The predicted molar refractivity (Wildman–Crippen MR) is 47.0 cm³/mol. The first-order valence-electron chi connectivity index (χ1n) is 4.96. The Labute approximate surface area is 78.1 Å². The van der Waals surface area contributed by atoms with Crippen molar-refractivity contribution in [1.82, 2.24) is 0 Å². The SMILES string of the molecule is COC(=O)C(O)C1(C2CCC2)CC1. The Morgan fingerprint density at radius 1 is 1.54 bits per heavy atom. The molecule has 0 aromatic rings. The molecule has 2 aliphatic rings. The van der Waals surface area contributed by atoms with Crippen LogP contribution in [0.15, 0.2) is 0 Å². The lowest BCUT2D eigenvalue weighted by Crippen LogP contribution is -2.39. The van der Waals surface area contributed by atoms with Crippen LogP contribution in [0.4, 0.5) is 0 Å². The molecule has 2 aliphatic carbocycles. The maximum atomic E-state index is 11.2. The van der Waals surface area contributed by atoms with Gasteiger partial charge in [-0.1, -0.05) is 6.42 Å². The summed E-state index contributed by atoms with van der Waals surface area (Å²) in [6.07, 6.45) is 4.72. The van der Waals surface area contributed by atoms with Gasteiger partial charge in [0.05, 0.1) is 7.11 Å². The smallest absolute Gasteiger partial charge is 0.335 e. The molecule has 0 spiro atoms. The minimum Gasteiger partial charge on any atom is -0.467 e. The molecule has 0 saturated heterocycles. The van der Waals surface area contributed by atoms with Crippen LogP contribution >= 0.6 is 0 Å². The number of aliphatic hydroxyl groups is 1. The summed E-state index contributed by atoms with van der Waals surface area (Å²) in [4.78, 5) is 11.2. The van der Waals surface area contributed by atoms with Crippen LogP contribution < -0.4 is 0 Å². The Hall–Kier alpha value is -0.570. The van der Waals surface area contributed by atoms with Gasteiger partial charge in [0.1, 0.15) is 0 Å². The second kappa shape index (κ2) is 2.98. The molecule has 0 aromatic heterocycles. The first kappa shape index (κ1) is 9.00. The number of carbonyl (C=O) groups is 1. The third-order valence-electron chi connectivity index (χ3n) is 3.71. The average Bonchev–Trinajstić information content (AvgIpc) is 2.80. The van der Waals surface area contributed by atoms with Crippen molar-refractivity contribution < 1.29 is 14.6 Å². The van der Waals surface area contributed by atoms with Crippen molar-refractivity contribution in [2.75, 3.05) is 7.11 Å². The zero-order chi connectivity index (χ0) is 9.47. The molecule has 0 amide bonds. The minimum atomic E-state index is -0.872. The molecule has 0 radical (unpaired) electrons. The van der Waals surface area contributed by atoms with E-state index < -0.39 is 12.1 Å². The summed E-state index contributed by atoms with van der Waals surface area (Å²) in [7, 11) is 1.34. The summed E-state index contributed by atoms with van der Waals surface area (Å²) < 4.78 is 4.57. The molecule has 0 bridgehead atoms. The second-order valence-electron chi connectivity index (χ2n) is 4.29. The Bertz CT molecular complexity index is 216. The number of carbonyl (C=O) groups excluding carboxylic acids is 1. The fourth-order valence-electron chi connectivity index (χ4n) is 2.38. The maximum absolute atomic E-state index is 11.2. The van der Waals surface area contributed by atoms with Crippen molar-refractivity contribution in [3.63, 3.8) is 0 Å². The van der Waals surface area contributed by atoms with E-state index >= 15 is 0 Å². The van der Waals surface area contributed by atoms with Crippen molar-refractivity contribution in [3.8, 4) is 0 Å². The lowest BCUT2D eigenvalue weighted by atomic mass is 9.71. The number of esters is 1. The molecule has 2 fully saturated rings. The van der Waals surface area contributed by atoms with Gasteiger partial charge in [-0.05, 0) is 31.6 Å². The number of hydrogen-bond donors (Lipinski definition) is 1. The first-order chi connectivity index (χ1) is 6.20. The zero-order valence-corrected chi connectivity index (χ0v) is 7.95. The largest absolute Gasteiger partial charge is 0.467 e. The Kier molecular flexibility index (Phi) is 2.06. The lowest BCUT2D eigenvalue weighted by molar-refractivity contribution is -0.157. The predicted octanol–water partition coefficient (Wildman–Crippen LogP) is 1.10. The van der Waals surface area contributed by atoms with E-state index in [9.17, 15) is 9.90 Å². The maximum Gasteiger partial charge on any atom is 0.335 e. The summed E-state index contributed by atoms with van der Waals surface area (Å²) in [5, 5.41) is 9.77. The van der Waals surface area contributed by atoms with Gasteiger partial charge in [-0.2, -0.15) is 0 Å². The van der Waals surface area contributed by atoms with E-state index in [-0.39, 0.29) is 5.41 Å². The van der Waals surface area contributed by atoms with Gasteiger partial charge in [0.15, 0.2) is 6.10 Å². The first-order valence-corrected chi connectivity index (χ1v) is 4.96. The highest BCUT2D eigenvalue weighted by Gasteiger charge is 2.58. The molecule has 74 valence electrons. The average molecular weight is 184 g/mol. The molecular weight excluding hydrogens is 168 g/mol. The van der Waals surface area contributed by atoms with Crippen LogP contribution in [0, 0.1) is 11.3 Å². The third kappa shape index (κ3) is 1.26. The van der Waals surface area contributed by atoms with Crippen LogP contribution in [0.5, 0.6) is 0 Å². The van der Waals surface area contributed by atoms with Gasteiger partial charge < -0.3 is 9.84 Å². The molecule has 1 unspecified atom stereocenters. The van der Waals surface area contributed by atoms with Crippen LogP contribution in [-0.4, -0.2) is 24.3 Å². The zero-order valence-electron chi connectivity index (χ0n) is 7.95. The van der Waals surface area contributed by atoms with Crippen LogP contribution in [0.2, 0.25) is 0 Å². The molecule has 2 rings (SSSR count). The fourth-order valence-corrected chi connectivity index (χ4v) is 2.38. The number of ether oxygens (including phenoxy) is 1. The molecule has 2 saturated carbocycles. The molecule has 3 nitrogen and oxygen atoms in total. The summed E-state index contributed by atoms with van der Waals surface area (Å²) in [6, 6.07) is 0. The summed E-state index contributed by atoms with van der Waals surface area (Å²) in [6.45, 7) is 0. The van der Waals surface area contributed by atoms with Crippen molar-refractivity contribution >= 4 is 5.97 Å². The van der Waals surface area contributed by atoms with Gasteiger partial charge in [-0.15, -0.1) is 0 Å². The quantitative estimate of drug-likeness (QED) is 0.668. The van der Waals surface area contributed by atoms with E-state index in [1.165, 1.54) is 26.4 Å². The van der Waals surface area contributed by atoms with Crippen LogP contribution in [0.25, 0.3) is 0 Å². The number of rotatable bonds is 3. The van der Waals surface area contributed by atoms with Crippen molar-refractivity contribution in [2.24, 2.45) is 11.3 Å². The van der Waals surface area contributed by atoms with Gasteiger partial charge in [0.2, 0.25) is 0 Å². The summed E-state index contributed by atoms with van der Waals surface area (Å²) in [5.41, 5.74) is -0.0919. The number of aliphatic hydroxyl groups excluding tert-OH is 1. The molecule has 0 aliphatic heterocycles. The molecular formula is C10H16O3. The molecule has 0 heterocycles.